The average Bonchev–Trinajstić information content (AvgIpc) is 2.47. The number of H-pyrrole nitrogens is 1. The Morgan fingerprint density at radius 2 is 1.91 bits per heavy atom. The van der Waals surface area contributed by atoms with E-state index >= 15 is 0 Å². The molecule has 1 aromatic carbocycles. The number of aromatic nitrogens is 1. The molecule has 0 radical (unpaired) electrons. The predicted molar refractivity (Wildman–Crippen MR) is 86.5 cm³/mol. The van der Waals surface area contributed by atoms with Gasteiger partial charge in [0.25, 0.3) is 5.56 Å². The molecule has 0 saturated heterocycles. The number of nitrogens with zero attached hydrogens (tertiary/aromatic N) is 1. The summed E-state index contributed by atoms with van der Waals surface area (Å²) in [6.45, 7) is 4.28. The number of ether oxygens (including phenoxy) is 1. The van der Waals surface area contributed by atoms with Crippen LogP contribution in [0.3, 0.4) is 0 Å². The number of likely N-dealkylation sites (N-methyl/N-ethyl adjacent to an activating group) is 1. The summed E-state index contributed by atoms with van der Waals surface area (Å²) in [5.74, 6) is -0.583. The van der Waals surface area contributed by atoms with Gasteiger partial charge in [-0.25, -0.2) is 4.79 Å². The fourth-order valence-corrected chi connectivity index (χ4v) is 2.27. The van der Waals surface area contributed by atoms with E-state index in [4.69, 9.17) is 4.74 Å². The molecule has 5 heteroatoms. The summed E-state index contributed by atoms with van der Waals surface area (Å²) in [5.41, 5.74) is 2.07. The Morgan fingerprint density at radius 1 is 1.23 bits per heavy atom. The minimum Gasteiger partial charge on any atom is -0.460 e. The van der Waals surface area contributed by atoms with Crippen LogP contribution in [0.25, 0.3) is 0 Å². The second kappa shape index (κ2) is 6.93. The van der Waals surface area contributed by atoms with E-state index in [2.05, 4.69) is 4.98 Å². The van der Waals surface area contributed by atoms with E-state index in [0.29, 0.717) is 12.1 Å². The summed E-state index contributed by atoms with van der Waals surface area (Å²) in [6.07, 6.45) is 0. The number of para-hydroxylation sites is 1. The van der Waals surface area contributed by atoms with Gasteiger partial charge in [-0.05, 0) is 37.6 Å². The van der Waals surface area contributed by atoms with E-state index in [0.717, 1.165) is 11.4 Å². The zero-order valence-electron chi connectivity index (χ0n) is 13.1. The molecule has 0 spiro atoms. The number of esters is 1. The van der Waals surface area contributed by atoms with Crippen molar-refractivity contribution in [2.24, 2.45) is 0 Å². The standard InChI is InChI=1S/C17H20N2O3/c1-12-11-13(2)18-16(20)15(12)17(21)22-10-9-19(3)14-7-5-4-6-8-14/h4-8,11H,9-10H2,1-3H3,(H,18,20). The van der Waals surface area contributed by atoms with E-state index < -0.39 is 11.5 Å². The number of hydrogen-bond donors (Lipinski definition) is 1. The van der Waals surface area contributed by atoms with Gasteiger partial charge in [0.1, 0.15) is 12.2 Å². The minimum atomic E-state index is -0.583. The van der Waals surface area contributed by atoms with Crippen molar-refractivity contribution in [3.05, 3.63) is 63.6 Å². The quantitative estimate of drug-likeness (QED) is 0.861. The van der Waals surface area contributed by atoms with Gasteiger partial charge >= 0.3 is 5.97 Å². The fraction of sp³-hybridized carbons (Fsp3) is 0.294. The SMILES string of the molecule is Cc1cc(C)c(C(=O)OCCN(C)c2ccccc2)c(=O)[nH]1. The molecule has 5 nitrogen and oxygen atoms in total. The number of pyridine rings is 1. The van der Waals surface area contributed by atoms with Crippen molar-refractivity contribution in [3.63, 3.8) is 0 Å². The summed E-state index contributed by atoms with van der Waals surface area (Å²) >= 11 is 0. The Hall–Kier alpha value is -2.56. The number of carbonyl (C=O) groups excluding carboxylic acids is 1. The van der Waals surface area contributed by atoms with E-state index in [1.807, 2.05) is 42.3 Å². The molecular formula is C17H20N2O3. The maximum absolute atomic E-state index is 12.1. The van der Waals surface area contributed by atoms with Crippen LogP contribution in [0.15, 0.2) is 41.2 Å². The van der Waals surface area contributed by atoms with Crippen LogP contribution < -0.4 is 10.5 Å². The van der Waals surface area contributed by atoms with Crippen molar-refractivity contribution in [2.75, 3.05) is 25.1 Å². The van der Waals surface area contributed by atoms with Gasteiger partial charge in [-0.3, -0.25) is 4.79 Å². The van der Waals surface area contributed by atoms with Crippen molar-refractivity contribution in [1.82, 2.24) is 4.98 Å². The molecule has 116 valence electrons. The van der Waals surface area contributed by atoms with Crippen LogP contribution in [0.5, 0.6) is 0 Å². The molecule has 0 bridgehead atoms. The van der Waals surface area contributed by atoms with Gasteiger partial charge < -0.3 is 14.6 Å². The summed E-state index contributed by atoms with van der Waals surface area (Å²) in [7, 11) is 1.92. The molecule has 2 rings (SSSR count). The zero-order valence-corrected chi connectivity index (χ0v) is 13.1. The molecule has 0 aliphatic carbocycles. The second-order valence-electron chi connectivity index (χ2n) is 5.23. The van der Waals surface area contributed by atoms with E-state index in [-0.39, 0.29) is 12.2 Å². The third-order valence-corrected chi connectivity index (χ3v) is 3.43. The third kappa shape index (κ3) is 3.75. The molecule has 1 N–H and O–H groups in total. The van der Waals surface area contributed by atoms with Crippen LogP contribution in [0.2, 0.25) is 0 Å². The molecule has 1 aromatic heterocycles. The molecule has 0 amide bonds. The number of anilines is 1. The normalized spacial score (nSPS) is 10.3. The Bertz CT molecular complexity index is 708. The number of aromatic amines is 1. The maximum atomic E-state index is 12.1. The van der Waals surface area contributed by atoms with Crippen molar-refractivity contribution in [2.45, 2.75) is 13.8 Å². The van der Waals surface area contributed by atoms with E-state index in [1.54, 1.807) is 19.9 Å². The fourth-order valence-electron chi connectivity index (χ4n) is 2.27. The van der Waals surface area contributed by atoms with Crippen LogP contribution in [-0.4, -0.2) is 31.2 Å². The van der Waals surface area contributed by atoms with Crippen LogP contribution >= 0.6 is 0 Å². The molecule has 1 heterocycles. The van der Waals surface area contributed by atoms with Crippen molar-refractivity contribution in [1.29, 1.82) is 0 Å². The van der Waals surface area contributed by atoms with Crippen LogP contribution in [0, 0.1) is 13.8 Å². The molecule has 0 saturated carbocycles. The molecule has 0 aliphatic heterocycles. The first kappa shape index (κ1) is 15.8. The summed E-state index contributed by atoms with van der Waals surface area (Å²) in [6, 6.07) is 11.6. The second-order valence-corrected chi connectivity index (χ2v) is 5.23. The van der Waals surface area contributed by atoms with Gasteiger partial charge in [-0.1, -0.05) is 18.2 Å². The van der Waals surface area contributed by atoms with Gasteiger partial charge in [-0.2, -0.15) is 0 Å². The Balaban J connectivity index is 1.95. The van der Waals surface area contributed by atoms with Crippen LogP contribution in [0.1, 0.15) is 21.6 Å². The maximum Gasteiger partial charge on any atom is 0.344 e. The van der Waals surface area contributed by atoms with Crippen molar-refractivity contribution >= 4 is 11.7 Å². The van der Waals surface area contributed by atoms with Gasteiger partial charge in [-0.15, -0.1) is 0 Å². The molecular weight excluding hydrogens is 280 g/mol. The lowest BCUT2D eigenvalue weighted by atomic mass is 10.1. The van der Waals surface area contributed by atoms with Crippen LogP contribution in [0.4, 0.5) is 5.69 Å². The number of nitrogens with one attached hydrogen (secondary N) is 1. The first-order valence-corrected chi connectivity index (χ1v) is 7.13. The molecule has 22 heavy (non-hydrogen) atoms. The topological polar surface area (TPSA) is 62.4 Å². The smallest absolute Gasteiger partial charge is 0.344 e. The molecule has 0 aliphatic rings. The lowest BCUT2D eigenvalue weighted by Crippen LogP contribution is -2.27. The summed E-state index contributed by atoms with van der Waals surface area (Å²) < 4.78 is 5.22. The number of aryl methyl sites for hydroxylation is 2. The number of rotatable bonds is 5. The number of benzene rings is 1. The highest BCUT2D eigenvalue weighted by atomic mass is 16.5. The predicted octanol–water partition coefficient (Wildman–Crippen LogP) is 2.28. The molecule has 2 aromatic rings. The Kier molecular flexibility index (Phi) is 4.99. The highest BCUT2D eigenvalue weighted by Gasteiger charge is 2.16. The average molecular weight is 300 g/mol. The van der Waals surface area contributed by atoms with Crippen LogP contribution in [-0.2, 0) is 4.74 Å². The van der Waals surface area contributed by atoms with Gasteiger partial charge in [0.2, 0.25) is 0 Å². The van der Waals surface area contributed by atoms with Crippen molar-refractivity contribution in [3.8, 4) is 0 Å². The van der Waals surface area contributed by atoms with Gasteiger partial charge in [0.15, 0.2) is 0 Å². The van der Waals surface area contributed by atoms with E-state index in [1.165, 1.54) is 0 Å². The van der Waals surface area contributed by atoms with Gasteiger partial charge in [0, 0.05) is 18.4 Å². The lowest BCUT2D eigenvalue weighted by Gasteiger charge is -2.19. The molecule has 0 fully saturated rings. The third-order valence-electron chi connectivity index (χ3n) is 3.43. The molecule has 0 unspecified atom stereocenters. The number of hydrogen-bond acceptors (Lipinski definition) is 4. The zero-order chi connectivity index (χ0) is 16.1. The Morgan fingerprint density at radius 3 is 2.55 bits per heavy atom. The number of carbonyl (C=O) groups is 1. The van der Waals surface area contributed by atoms with E-state index in [9.17, 15) is 9.59 Å². The highest BCUT2D eigenvalue weighted by molar-refractivity contribution is 5.90. The largest absolute Gasteiger partial charge is 0.460 e. The summed E-state index contributed by atoms with van der Waals surface area (Å²) in [4.78, 5) is 28.5. The lowest BCUT2D eigenvalue weighted by molar-refractivity contribution is 0.0513. The Labute approximate surface area is 129 Å². The summed E-state index contributed by atoms with van der Waals surface area (Å²) in [5, 5.41) is 0. The van der Waals surface area contributed by atoms with Gasteiger partial charge in [0.05, 0.1) is 6.54 Å². The highest BCUT2D eigenvalue weighted by Crippen LogP contribution is 2.10. The van der Waals surface area contributed by atoms with Crippen molar-refractivity contribution < 1.29 is 9.53 Å². The monoisotopic (exact) mass is 300 g/mol. The minimum absolute atomic E-state index is 0.0768. The first-order chi connectivity index (χ1) is 10.5. The first-order valence-electron chi connectivity index (χ1n) is 7.13. The molecule has 0 atom stereocenters.